The molecule has 2 heterocycles. The van der Waals surface area contributed by atoms with Gasteiger partial charge in [-0.15, -0.1) is 11.3 Å². The Balaban J connectivity index is 2.16. The molecule has 0 bridgehead atoms. The van der Waals surface area contributed by atoms with E-state index in [-0.39, 0.29) is 12.1 Å². The van der Waals surface area contributed by atoms with Crippen LogP contribution in [-0.4, -0.2) is 20.4 Å². The molecule has 0 saturated heterocycles. The summed E-state index contributed by atoms with van der Waals surface area (Å²) in [7, 11) is 0. The average Bonchev–Trinajstić information content (AvgIpc) is 2.97. The maximum atomic E-state index is 13.6. The first-order valence-electron chi connectivity index (χ1n) is 4.75. The van der Waals surface area contributed by atoms with E-state index in [1.807, 2.05) is 0 Å². The van der Waals surface area contributed by atoms with Crippen LogP contribution < -0.4 is 0 Å². The number of fused-ring (bicyclic) bond motifs is 1. The number of rotatable bonds is 2. The molecular weight excluding hydrogens is 245 g/mol. The lowest BCUT2D eigenvalue weighted by Gasteiger charge is -1.95. The van der Waals surface area contributed by atoms with Gasteiger partial charge >= 0.3 is 0 Å². The standard InChI is InChI=1S/C10H6FN3O2S/c11-7-1-5(2-8-9(7)14-16-13-8)10-12-3-6(4-15)17-10/h1-3,15H,4H2. The van der Waals surface area contributed by atoms with Gasteiger partial charge in [0.05, 0.1) is 11.5 Å². The fraction of sp³-hybridized carbons (Fsp3) is 0.100. The van der Waals surface area contributed by atoms with Crippen molar-refractivity contribution in [1.82, 2.24) is 15.3 Å². The molecule has 17 heavy (non-hydrogen) atoms. The minimum Gasteiger partial charge on any atom is -0.391 e. The van der Waals surface area contributed by atoms with Crippen LogP contribution >= 0.6 is 11.3 Å². The van der Waals surface area contributed by atoms with E-state index in [9.17, 15) is 4.39 Å². The highest BCUT2D eigenvalue weighted by molar-refractivity contribution is 7.15. The minimum absolute atomic E-state index is 0.0755. The van der Waals surface area contributed by atoms with Gasteiger partial charge in [-0.2, -0.15) is 0 Å². The van der Waals surface area contributed by atoms with Crippen molar-refractivity contribution < 1.29 is 14.1 Å². The summed E-state index contributed by atoms with van der Waals surface area (Å²) >= 11 is 1.30. The Morgan fingerprint density at radius 3 is 3.00 bits per heavy atom. The van der Waals surface area contributed by atoms with Crippen molar-refractivity contribution in [1.29, 1.82) is 0 Å². The molecule has 1 N–H and O–H groups in total. The highest BCUT2D eigenvalue weighted by atomic mass is 32.1. The van der Waals surface area contributed by atoms with Crippen molar-refractivity contribution in [2.24, 2.45) is 0 Å². The van der Waals surface area contributed by atoms with Gasteiger partial charge in [-0.05, 0) is 22.4 Å². The number of aliphatic hydroxyl groups is 1. The lowest BCUT2D eigenvalue weighted by Crippen LogP contribution is -1.82. The Morgan fingerprint density at radius 1 is 1.35 bits per heavy atom. The number of aromatic nitrogens is 3. The maximum Gasteiger partial charge on any atom is 0.170 e. The lowest BCUT2D eigenvalue weighted by molar-refractivity contribution is 0.285. The highest BCUT2D eigenvalue weighted by Gasteiger charge is 2.12. The molecule has 0 atom stereocenters. The first kappa shape index (κ1) is 10.3. The number of thiazole rings is 1. The quantitative estimate of drug-likeness (QED) is 0.754. The lowest BCUT2D eigenvalue weighted by atomic mass is 10.2. The molecule has 0 spiro atoms. The molecular formula is C10H6FN3O2S. The molecule has 0 radical (unpaired) electrons. The zero-order valence-electron chi connectivity index (χ0n) is 8.42. The number of halogens is 1. The van der Waals surface area contributed by atoms with Crippen LogP contribution in [0.2, 0.25) is 0 Å². The molecule has 0 amide bonds. The molecule has 0 aliphatic rings. The number of benzene rings is 1. The second-order valence-corrected chi connectivity index (χ2v) is 4.50. The Morgan fingerprint density at radius 2 is 2.24 bits per heavy atom. The zero-order valence-corrected chi connectivity index (χ0v) is 9.24. The fourth-order valence-corrected chi connectivity index (χ4v) is 2.25. The number of nitrogens with zero attached hydrogens (tertiary/aromatic N) is 3. The topological polar surface area (TPSA) is 72.0 Å². The van der Waals surface area contributed by atoms with Crippen LogP contribution in [0.4, 0.5) is 4.39 Å². The fourth-order valence-electron chi connectivity index (χ4n) is 1.49. The maximum absolute atomic E-state index is 13.6. The minimum atomic E-state index is -0.500. The van der Waals surface area contributed by atoms with Crippen molar-refractivity contribution in [3.05, 3.63) is 29.0 Å². The predicted molar refractivity (Wildman–Crippen MR) is 58.8 cm³/mol. The summed E-state index contributed by atoms with van der Waals surface area (Å²) in [5.41, 5.74) is 1.05. The third-order valence-electron chi connectivity index (χ3n) is 2.27. The van der Waals surface area contributed by atoms with Crippen molar-refractivity contribution in [2.45, 2.75) is 6.61 Å². The summed E-state index contributed by atoms with van der Waals surface area (Å²) in [6, 6.07) is 2.97. The monoisotopic (exact) mass is 251 g/mol. The summed E-state index contributed by atoms with van der Waals surface area (Å²) in [6.45, 7) is -0.0755. The smallest absolute Gasteiger partial charge is 0.170 e. The molecule has 5 nitrogen and oxygen atoms in total. The third kappa shape index (κ3) is 1.69. The molecule has 0 unspecified atom stereocenters. The number of hydrogen-bond acceptors (Lipinski definition) is 6. The zero-order chi connectivity index (χ0) is 11.8. The van der Waals surface area contributed by atoms with Gasteiger partial charge < -0.3 is 5.11 Å². The predicted octanol–water partition coefficient (Wildman–Crippen LogP) is 1.98. The Bertz CT molecular complexity index is 679. The second kappa shape index (κ2) is 3.86. The van der Waals surface area contributed by atoms with Gasteiger partial charge in [0.15, 0.2) is 11.3 Å². The van der Waals surface area contributed by atoms with Gasteiger partial charge in [-0.3, -0.25) is 0 Å². The highest BCUT2D eigenvalue weighted by Crippen LogP contribution is 2.28. The molecule has 1 aromatic carbocycles. The molecule has 7 heteroatoms. The molecule has 3 rings (SSSR count). The average molecular weight is 251 g/mol. The number of hydrogen-bond donors (Lipinski definition) is 1. The van der Waals surface area contributed by atoms with E-state index in [4.69, 9.17) is 5.11 Å². The molecule has 2 aromatic heterocycles. The molecule has 3 aromatic rings. The van der Waals surface area contributed by atoms with Gasteiger partial charge in [-0.25, -0.2) is 14.0 Å². The largest absolute Gasteiger partial charge is 0.391 e. The molecule has 86 valence electrons. The van der Waals surface area contributed by atoms with Gasteiger partial charge in [0, 0.05) is 11.8 Å². The van der Waals surface area contributed by atoms with E-state index in [0.717, 1.165) is 4.88 Å². The van der Waals surface area contributed by atoms with Crippen LogP contribution in [0.1, 0.15) is 4.88 Å². The van der Waals surface area contributed by atoms with Crippen LogP contribution in [0.3, 0.4) is 0 Å². The Kier molecular flexibility index (Phi) is 2.34. The van der Waals surface area contributed by atoms with Crippen LogP contribution in [0.5, 0.6) is 0 Å². The summed E-state index contributed by atoms with van der Waals surface area (Å²) < 4.78 is 18.1. The van der Waals surface area contributed by atoms with Gasteiger partial charge in [0.1, 0.15) is 10.5 Å². The van der Waals surface area contributed by atoms with Gasteiger partial charge in [0.2, 0.25) is 0 Å². The van der Waals surface area contributed by atoms with E-state index in [1.54, 1.807) is 12.3 Å². The number of aliphatic hydroxyl groups excluding tert-OH is 1. The summed E-state index contributed by atoms with van der Waals surface area (Å²) in [5, 5.41) is 16.6. The molecule has 0 aliphatic heterocycles. The van der Waals surface area contributed by atoms with Gasteiger partial charge in [0.25, 0.3) is 0 Å². The van der Waals surface area contributed by atoms with Crippen LogP contribution in [-0.2, 0) is 6.61 Å². The van der Waals surface area contributed by atoms with E-state index in [1.165, 1.54) is 17.4 Å². The summed E-state index contributed by atoms with van der Waals surface area (Å²) in [4.78, 5) is 4.82. The van der Waals surface area contributed by atoms with Crippen LogP contribution in [0, 0.1) is 5.82 Å². The molecule has 0 aliphatic carbocycles. The van der Waals surface area contributed by atoms with E-state index in [2.05, 4.69) is 19.9 Å². The Labute approximate surface area is 98.5 Å². The van der Waals surface area contributed by atoms with Crippen molar-refractivity contribution in [3.8, 4) is 10.6 Å². The van der Waals surface area contributed by atoms with Crippen LogP contribution in [0.25, 0.3) is 21.6 Å². The third-order valence-corrected chi connectivity index (χ3v) is 3.30. The Hall–Kier alpha value is -1.86. The van der Waals surface area contributed by atoms with E-state index >= 15 is 0 Å². The summed E-state index contributed by atoms with van der Waals surface area (Å²) in [5.74, 6) is -0.500. The normalized spacial score (nSPS) is 11.2. The van der Waals surface area contributed by atoms with Gasteiger partial charge in [-0.1, -0.05) is 0 Å². The van der Waals surface area contributed by atoms with E-state index < -0.39 is 5.82 Å². The van der Waals surface area contributed by atoms with Crippen LogP contribution in [0.15, 0.2) is 23.0 Å². The molecule has 0 saturated carbocycles. The second-order valence-electron chi connectivity index (χ2n) is 3.38. The first-order chi connectivity index (χ1) is 8.28. The SMILES string of the molecule is OCc1cnc(-c2cc(F)c3nonc3c2)s1. The van der Waals surface area contributed by atoms with Crippen molar-refractivity contribution >= 4 is 22.4 Å². The molecule has 0 fully saturated rings. The first-order valence-corrected chi connectivity index (χ1v) is 5.57. The summed E-state index contributed by atoms with van der Waals surface area (Å²) in [6.07, 6.45) is 1.56. The van der Waals surface area contributed by atoms with Crippen molar-refractivity contribution in [3.63, 3.8) is 0 Å². The van der Waals surface area contributed by atoms with E-state index in [0.29, 0.717) is 16.1 Å². The van der Waals surface area contributed by atoms with Crippen molar-refractivity contribution in [2.75, 3.05) is 0 Å².